The monoisotopic (exact) mass is 472 g/mol. The van der Waals surface area contributed by atoms with Crippen LogP contribution in [0.3, 0.4) is 0 Å². The minimum atomic E-state index is -4.51. The van der Waals surface area contributed by atoms with Gasteiger partial charge in [-0.25, -0.2) is 4.79 Å². The van der Waals surface area contributed by atoms with E-state index in [0.717, 1.165) is 17.8 Å². The van der Waals surface area contributed by atoms with E-state index >= 15 is 0 Å². The first-order chi connectivity index (χ1) is 15.8. The molecule has 3 amide bonds. The van der Waals surface area contributed by atoms with Crippen molar-refractivity contribution in [3.05, 3.63) is 77.6 Å². The molecule has 0 unspecified atom stereocenters. The number of anilines is 3. The third-order valence-corrected chi connectivity index (χ3v) is 5.94. The number of aromatic nitrogens is 1. The average Bonchev–Trinajstić information content (AvgIpc) is 3.22. The summed E-state index contributed by atoms with van der Waals surface area (Å²) in [6, 6.07) is 11.8. The van der Waals surface area contributed by atoms with Gasteiger partial charge in [-0.15, -0.1) is 11.8 Å². The highest BCUT2D eigenvalue weighted by atomic mass is 32.2. The Morgan fingerprint density at radius 2 is 1.76 bits per heavy atom. The molecule has 3 aromatic rings. The van der Waals surface area contributed by atoms with E-state index in [-0.39, 0.29) is 23.0 Å². The molecule has 33 heavy (non-hydrogen) atoms. The fourth-order valence-corrected chi connectivity index (χ4v) is 4.20. The van der Waals surface area contributed by atoms with Crippen LogP contribution in [-0.2, 0) is 12.6 Å². The largest absolute Gasteiger partial charge is 0.417 e. The number of nitrogens with zero attached hydrogens (tertiary/aromatic N) is 2. The van der Waals surface area contributed by atoms with Crippen molar-refractivity contribution in [3.63, 3.8) is 0 Å². The van der Waals surface area contributed by atoms with Crippen molar-refractivity contribution >= 4 is 40.8 Å². The van der Waals surface area contributed by atoms with Crippen LogP contribution in [0, 0.1) is 0 Å². The lowest BCUT2D eigenvalue weighted by molar-refractivity contribution is -0.139. The van der Waals surface area contributed by atoms with Crippen LogP contribution in [0.4, 0.5) is 35.0 Å². The molecule has 1 aromatic heterocycles. The van der Waals surface area contributed by atoms with Crippen LogP contribution in [0.1, 0.15) is 21.5 Å². The molecule has 0 aliphatic carbocycles. The number of nitrogens with one attached hydrogen (secondary N) is 2. The smallest absolute Gasteiger partial charge is 0.322 e. The van der Waals surface area contributed by atoms with E-state index in [2.05, 4.69) is 15.6 Å². The van der Waals surface area contributed by atoms with Gasteiger partial charge in [-0.3, -0.25) is 14.7 Å². The first-order valence-electron chi connectivity index (χ1n) is 9.94. The topological polar surface area (TPSA) is 74.3 Å². The van der Waals surface area contributed by atoms with Crippen LogP contribution in [0.2, 0.25) is 0 Å². The standard InChI is InChI=1S/C23H19F3N4O2S/c1-33-20-11-14-8-10-30(19(14)12-18(20)23(24,25)26)22(32)29-17-6-4-16(5-7-17)28-21(31)15-3-2-9-27-13-15/h2-7,9,11-13H,8,10H2,1H3,(H,28,31)(H,29,32). The summed E-state index contributed by atoms with van der Waals surface area (Å²) in [5, 5.41) is 5.43. The minimum absolute atomic E-state index is 0.146. The second-order valence-electron chi connectivity index (χ2n) is 7.28. The summed E-state index contributed by atoms with van der Waals surface area (Å²) in [5.74, 6) is -0.321. The van der Waals surface area contributed by atoms with Gasteiger partial charge in [-0.2, -0.15) is 13.2 Å². The van der Waals surface area contributed by atoms with Crippen molar-refractivity contribution in [2.45, 2.75) is 17.5 Å². The number of fused-ring (bicyclic) bond motifs is 1. The summed E-state index contributed by atoms with van der Waals surface area (Å²) in [4.78, 5) is 30.4. The molecule has 0 saturated heterocycles. The molecule has 1 aliphatic rings. The molecular weight excluding hydrogens is 453 g/mol. The highest BCUT2D eigenvalue weighted by Crippen LogP contribution is 2.42. The van der Waals surface area contributed by atoms with Crippen molar-refractivity contribution in [3.8, 4) is 0 Å². The van der Waals surface area contributed by atoms with Gasteiger partial charge in [0.1, 0.15) is 0 Å². The highest BCUT2D eigenvalue weighted by molar-refractivity contribution is 7.98. The third kappa shape index (κ3) is 4.95. The quantitative estimate of drug-likeness (QED) is 0.480. The Morgan fingerprint density at radius 1 is 1.06 bits per heavy atom. The van der Waals surface area contributed by atoms with Gasteiger partial charge in [0.2, 0.25) is 0 Å². The van der Waals surface area contributed by atoms with Crippen LogP contribution in [-0.4, -0.2) is 29.7 Å². The summed E-state index contributed by atoms with van der Waals surface area (Å²) < 4.78 is 40.3. The third-order valence-electron chi connectivity index (χ3n) is 5.16. The summed E-state index contributed by atoms with van der Waals surface area (Å²) in [7, 11) is 0. The van der Waals surface area contributed by atoms with Crippen LogP contribution >= 0.6 is 11.8 Å². The van der Waals surface area contributed by atoms with Crippen molar-refractivity contribution in [2.75, 3.05) is 28.3 Å². The highest BCUT2D eigenvalue weighted by Gasteiger charge is 2.36. The Morgan fingerprint density at radius 3 is 2.36 bits per heavy atom. The number of halogens is 3. The first kappa shape index (κ1) is 22.7. The molecule has 0 saturated carbocycles. The van der Waals surface area contributed by atoms with Gasteiger partial charge in [-0.1, -0.05) is 0 Å². The predicted octanol–water partition coefficient (Wildman–Crippen LogP) is 5.67. The zero-order chi connectivity index (χ0) is 23.6. The predicted molar refractivity (Wildman–Crippen MR) is 122 cm³/mol. The fourth-order valence-electron chi connectivity index (χ4n) is 3.54. The number of rotatable bonds is 4. The molecule has 1 aliphatic heterocycles. The molecule has 2 N–H and O–H groups in total. The second-order valence-corrected chi connectivity index (χ2v) is 8.13. The van der Waals surface area contributed by atoms with E-state index in [0.29, 0.717) is 28.9 Å². The number of amides is 3. The number of pyridine rings is 1. The first-order valence-corrected chi connectivity index (χ1v) is 11.2. The van der Waals surface area contributed by atoms with Crippen LogP contribution < -0.4 is 15.5 Å². The number of alkyl halides is 3. The van der Waals surface area contributed by atoms with Crippen molar-refractivity contribution in [1.29, 1.82) is 0 Å². The van der Waals surface area contributed by atoms with Gasteiger partial charge in [0.15, 0.2) is 0 Å². The Bertz CT molecular complexity index is 1180. The molecule has 2 aromatic carbocycles. The van der Waals surface area contributed by atoms with E-state index in [1.165, 1.54) is 17.2 Å². The second kappa shape index (κ2) is 9.14. The number of benzene rings is 2. The van der Waals surface area contributed by atoms with Crippen molar-refractivity contribution < 1.29 is 22.8 Å². The number of carbonyl (C=O) groups excluding carboxylic acids is 2. The Kier molecular flexibility index (Phi) is 6.28. The molecule has 0 bridgehead atoms. The average molecular weight is 472 g/mol. The molecule has 6 nitrogen and oxygen atoms in total. The Balaban J connectivity index is 1.46. The molecule has 10 heteroatoms. The number of hydrogen-bond acceptors (Lipinski definition) is 4. The Labute approximate surface area is 192 Å². The van der Waals surface area contributed by atoms with Crippen molar-refractivity contribution in [1.82, 2.24) is 4.98 Å². The zero-order valence-electron chi connectivity index (χ0n) is 17.4. The van der Waals surface area contributed by atoms with Crippen LogP contribution in [0.25, 0.3) is 0 Å². The molecular formula is C23H19F3N4O2S. The van der Waals surface area contributed by atoms with Crippen LogP contribution in [0.15, 0.2) is 65.8 Å². The van der Waals surface area contributed by atoms with Gasteiger partial charge < -0.3 is 10.6 Å². The van der Waals surface area contributed by atoms with Gasteiger partial charge in [0, 0.05) is 40.9 Å². The number of thioether (sulfide) groups is 1. The van der Waals surface area contributed by atoms with E-state index in [1.54, 1.807) is 48.9 Å². The number of hydrogen-bond donors (Lipinski definition) is 2. The maximum atomic E-state index is 13.4. The van der Waals surface area contributed by atoms with E-state index < -0.39 is 17.8 Å². The fraction of sp³-hybridized carbons (Fsp3) is 0.174. The molecule has 0 fully saturated rings. The molecule has 0 spiro atoms. The molecule has 170 valence electrons. The maximum Gasteiger partial charge on any atom is 0.417 e. The van der Waals surface area contributed by atoms with Crippen molar-refractivity contribution in [2.24, 2.45) is 0 Å². The Hall–Kier alpha value is -3.53. The lowest BCUT2D eigenvalue weighted by atomic mass is 10.1. The molecule has 0 radical (unpaired) electrons. The molecule has 4 rings (SSSR count). The van der Waals surface area contributed by atoms with E-state index in [1.807, 2.05) is 0 Å². The summed E-state index contributed by atoms with van der Waals surface area (Å²) >= 11 is 1.03. The zero-order valence-corrected chi connectivity index (χ0v) is 18.3. The number of urea groups is 1. The summed E-state index contributed by atoms with van der Waals surface area (Å²) in [6.45, 7) is 0.287. The van der Waals surface area contributed by atoms with E-state index in [9.17, 15) is 22.8 Å². The van der Waals surface area contributed by atoms with Gasteiger partial charge in [0.05, 0.1) is 11.1 Å². The van der Waals surface area contributed by atoms with Gasteiger partial charge in [-0.05, 0) is 66.8 Å². The van der Waals surface area contributed by atoms with E-state index in [4.69, 9.17) is 0 Å². The SMILES string of the molecule is CSc1cc2c(cc1C(F)(F)F)N(C(=O)Nc1ccc(NC(=O)c3cccnc3)cc1)CC2. The summed E-state index contributed by atoms with van der Waals surface area (Å²) in [5.41, 5.74) is 1.60. The lowest BCUT2D eigenvalue weighted by Crippen LogP contribution is -2.33. The van der Waals surface area contributed by atoms with Gasteiger partial charge in [0.25, 0.3) is 5.91 Å². The normalized spacial score (nSPS) is 12.9. The molecule has 2 heterocycles. The van der Waals surface area contributed by atoms with Crippen LogP contribution in [0.5, 0.6) is 0 Å². The lowest BCUT2D eigenvalue weighted by Gasteiger charge is -2.20. The minimum Gasteiger partial charge on any atom is -0.322 e. The molecule has 0 atom stereocenters. The maximum absolute atomic E-state index is 13.4. The van der Waals surface area contributed by atoms with Gasteiger partial charge >= 0.3 is 12.2 Å². The summed E-state index contributed by atoms with van der Waals surface area (Å²) in [6.07, 6.45) is 0.587. The number of carbonyl (C=O) groups is 2.